The van der Waals surface area contributed by atoms with Crippen molar-refractivity contribution in [2.45, 2.75) is 12.8 Å². The van der Waals surface area contributed by atoms with E-state index in [0.29, 0.717) is 17.3 Å². The minimum atomic E-state index is -0.230. The number of nitrogens with zero attached hydrogens (tertiary/aromatic N) is 1. The summed E-state index contributed by atoms with van der Waals surface area (Å²) < 4.78 is 13.7. The van der Waals surface area contributed by atoms with Gasteiger partial charge in [0.15, 0.2) is 0 Å². The topological polar surface area (TPSA) is 55.3 Å². The molecular formula is C12H18FN3. The lowest BCUT2D eigenvalue weighted by Gasteiger charge is -2.33. The van der Waals surface area contributed by atoms with Crippen molar-refractivity contribution < 1.29 is 4.39 Å². The van der Waals surface area contributed by atoms with Gasteiger partial charge in [-0.05, 0) is 37.4 Å². The first-order valence-corrected chi connectivity index (χ1v) is 5.71. The molecule has 0 radical (unpaired) electrons. The lowest BCUT2D eigenvalue weighted by molar-refractivity contribution is 0.412. The lowest BCUT2D eigenvalue weighted by Crippen LogP contribution is -2.36. The van der Waals surface area contributed by atoms with Crippen LogP contribution < -0.4 is 16.4 Å². The van der Waals surface area contributed by atoms with Crippen LogP contribution in [0.4, 0.5) is 15.8 Å². The van der Waals surface area contributed by atoms with Crippen molar-refractivity contribution >= 4 is 11.4 Å². The molecule has 16 heavy (non-hydrogen) atoms. The van der Waals surface area contributed by atoms with E-state index >= 15 is 0 Å². The highest BCUT2D eigenvalue weighted by Gasteiger charge is 2.21. The van der Waals surface area contributed by atoms with Gasteiger partial charge < -0.3 is 16.4 Å². The van der Waals surface area contributed by atoms with E-state index < -0.39 is 0 Å². The molecule has 1 aliphatic rings. The smallest absolute Gasteiger partial charge is 0.148 e. The fourth-order valence-electron chi connectivity index (χ4n) is 2.26. The fraction of sp³-hybridized carbons (Fsp3) is 0.500. The number of anilines is 2. The van der Waals surface area contributed by atoms with E-state index in [1.807, 2.05) is 4.90 Å². The van der Waals surface area contributed by atoms with Gasteiger partial charge in [-0.1, -0.05) is 6.07 Å². The van der Waals surface area contributed by atoms with Crippen LogP contribution in [-0.2, 0) is 0 Å². The van der Waals surface area contributed by atoms with Crippen molar-refractivity contribution in [2.24, 2.45) is 11.7 Å². The minimum absolute atomic E-state index is 0.230. The highest BCUT2D eigenvalue weighted by molar-refractivity contribution is 5.68. The van der Waals surface area contributed by atoms with E-state index in [2.05, 4.69) is 0 Å². The molecule has 0 amide bonds. The molecule has 1 saturated heterocycles. The molecule has 3 nitrogen and oxygen atoms in total. The molecule has 2 rings (SSSR count). The van der Waals surface area contributed by atoms with Crippen LogP contribution in [0, 0.1) is 11.7 Å². The first-order chi connectivity index (χ1) is 7.72. The van der Waals surface area contributed by atoms with Gasteiger partial charge in [-0.2, -0.15) is 0 Å². The molecule has 0 spiro atoms. The van der Waals surface area contributed by atoms with Crippen LogP contribution in [0.2, 0.25) is 0 Å². The van der Waals surface area contributed by atoms with E-state index in [9.17, 15) is 4.39 Å². The van der Waals surface area contributed by atoms with Crippen LogP contribution >= 0.6 is 0 Å². The predicted molar refractivity (Wildman–Crippen MR) is 64.8 cm³/mol. The Balaban J connectivity index is 2.14. The van der Waals surface area contributed by atoms with Crippen molar-refractivity contribution in [2.75, 3.05) is 30.3 Å². The highest BCUT2D eigenvalue weighted by Crippen LogP contribution is 2.30. The van der Waals surface area contributed by atoms with Crippen LogP contribution in [-0.4, -0.2) is 19.6 Å². The number of para-hydroxylation sites is 1. The second-order valence-electron chi connectivity index (χ2n) is 4.34. The summed E-state index contributed by atoms with van der Waals surface area (Å²) in [4.78, 5) is 2.02. The fourth-order valence-corrected chi connectivity index (χ4v) is 2.26. The summed E-state index contributed by atoms with van der Waals surface area (Å²) in [5, 5.41) is 0. The lowest BCUT2D eigenvalue weighted by atomic mass is 9.96. The van der Waals surface area contributed by atoms with Crippen molar-refractivity contribution in [1.82, 2.24) is 0 Å². The van der Waals surface area contributed by atoms with Gasteiger partial charge in [0.25, 0.3) is 0 Å². The maximum absolute atomic E-state index is 13.7. The van der Waals surface area contributed by atoms with Gasteiger partial charge in [0.05, 0.1) is 11.4 Å². The van der Waals surface area contributed by atoms with Crippen molar-refractivity contribution in [3.8, 4) is 0 Å². The number of hydrogen-bond acceptors (Lipinski definition) is 3. The largest absolute Gasteiger partial charge is 0.397 e. The molecule has 1 aromatic rings. The standard InChI is InChI=1S/C12H18FN3/c13-10-2-1-3-11(15)12(10)16-6-4-9(8-14)5-7-16/h1-3,9H,4-8,14-15H2. The minimum Gasteiger partial charge on any atom is -0.397 e. The van der Waals surface area contributed by atoms with Crippen LogP contribution in [0.25, 0.3) is 0 Å². The molecule has 0 unspecified atom stereocenters. The van der Waals surface area contributed by atoms with Gasteiger partial charge in [0.2, 0.25) is 0 Å². The molecule has 88 valence electrons. The number of hydrogen-bond donors (Lipinski definition) is 2. The molecule has 4 heteroatoms. The van der Waals surface area contributed by atoms with Crippen molar-refractivity contribution in [3.63, 3.8) is 0 Å². The Bertz CT molecular complexity index is 339. The second-order valence-corrected chi connectivity index (χ2v) is 4.34. The Morgan fingerprint density at radius 3 is 2.56 bits per heavy atom. The maximum atomic E-state index is 13.7. The Morgan fingerprint density at radius 1 is 1.31 bits per heavy atom. The van der Waals surface area contributed by atoms with Gasteiger partial charge in [0, 0.05) is 13.1 Å². The molecular weight excluding hydrogens is 205 g/mol. The van der Waals surface area contributed by atoms with E-state index in [0.717, 1.165) is 32.5 Å². The van der Waals surface area contributed by atoms with E-state index in [4.69, 9.17) is 11.5 Å². The van der Waals surface area contributed by atoms with Crippen LogP contribution in [0.1, 0.15) is 12.8 Å². The summed E-state index contributed by atoms with van der Waals surface area (Å²) in [6.45, 7) is 2.40. The van der Waals surface area contributed by atoms with Gasteiger partial charge >= 0.3 is 0 Å². The summed E-state index contributed by atoms with van der Waals surface area (Å²) in [7, 11) is 0. The molecule has 0 aromatic heterocycles. The van der Waals surface area contributed by atoms with E-state index in [1.54, 1.807) is 12.1 Å². The monoisotopic (exact) mass is 223 g/mol. The molecule has 0 bridgehead atoms. The quantitative estimate of drug-likeness (QED) is 0.748. The zero-order valence-electron chi connectivity index (χ0n) is 9.32. The van der Waals surface area contributed by atoms with Gasteiger partial charge in [-0.3, -0.25) is 0 Å². The average molecular weight is 223 g/mol. The molecule has 0 aliphatic carbocycles. The van der Waals surface area contributed by atoms with E-state index in [1.165, 1.54) is 6.07 Å². The summed E-state index contributed by atoms with van der Waals surface area (Å²) in [5.41, 5.74) is 12.5. The Hall–Kier alpha value is -1.29. The summed E-state index contributed by atoms with van der Waals surface area (Å²) in [6.07, 6.45) is 2.04. The van der Waals surface area contributed by atoms with Crippen LogP contribution in [0.15, 0.2) is 18.2 Å². The molecule has 1 aromatic carbocycles. The first-order valence-electron chi connectivity index (χ1n) is 5.71. The number of nitrogen functional groups attached to an aromatic ring is 1. The van der Waals surface area contributed by atoms with Gasteiger partial charge in [-0.25, -0.2) is 4.39 Å². The van der Waals surface area contributed by atoms with Crippen LogP contribution in [0.5, 0.6) is 0 Å². The summed E-state index contributed by atoms with van der Waals surface area (Å²) in [6, 6.07) is 4.84. The summed E-state index contributed by atoms with van der Waals surface area (Å²) in [5.74, 6) is 0.343. The number of rotatable bonds is 2. The third kappa shape index (κ3) is 2.11. The average Bonchev–Trinajstić information content (AvgIpc) is 2.30. The Morgan fingerprint density at radius 2 is 2.00 bits per heavy atom. The number of benzene rings is 1. The number of halogens is 1. The zero-order chi connectivity index (χ0) is 11.5. The van der Waals surface area contributed by atoms with Crippen molar-refractivity contribution in [3.05, 3.63) is 24.0 Å². The molecule has 0 atom stereocenters. The third-order valence-electron chi connectivity index (χ3n) is 3.28. The number of nitrogens with two attached hydrogens (primary N) is 2. The molecule has 1 aliphatic heterocycles. The van der Waals surface area contributed by atoms with Gasteiger partial charge in [0.1, 0.15) is 5.82 Å². The van der Waals surface area contributed by atoms with Crippen molar-refractivity contribution in [1.29, 1.82) is 0 Å². The highest BCUT2D eigenvalue weighted by atomic mass is 19.1. The number of piperidine rings is 1. The molecule has 1 fully saturated rings. The van der Waals surface area contributed by atoms with Gasteiger partial charge in [-0.15, -0.1) is 0 Å². The summed E-state index contributed by atoms with van der Waals surface area (Å²) >= 11 is 0. The predicted octanol–water partition coefficient (Wildman–Crippen LogP) is 1.58. The van der Waals surface area contributed by atoms with E-state index in [-0.39, 0.29) is 5.82 Å². The maximum Gasteiger partial charge on any atom is 0.148 e. The zero-order valence-corrected chi connectivity index (χ0v) is 9.32. The molecule has 1 heterocycles. The van der Waals surface area contributed by atoms with Crippen LogP contribution in [0.3, 0.4) is 0 Å². The molecule has 4 N–H and O–H groups in total. The third-order valence-corrected chi connectivity index (χ3v) is 3.28. The second kappa shape index (κ2) is 4.70. The Kier molecular flexibility index (Phi) is 3.29. The molecule has 0 saturated carbocycles. The first kappa shape index (κ1) is 11.2. The normalized spacial score (nSPS) is 17.8. The Labute approximate surface area is 95.2 Å². The SMILES string of the molecule is NCC1CCN(c2c(N)cccc2F)CC1.